The molecule has 0 radical (unpaired) electrons. The Morgan fingerprint density at radius 3 is 2.22 bits per heavy atom. The van der Waals surface area contributed by atoms with Crippen molar-refractivity contribution in [1.82, 2.24) is 0 Å². The monoisotopic (exact) mass is 324 g/mol. The lowest BCUT2D eigenvalue weighted by Crippen LogP contribution is -2.54. The van der Waals surface area contributed by atoms with Gasteiger partial charge in [0, 0.05) is 5.56 Å². The van der Waals surface area contributed by atoms with Crippen molar-refractivity contribution in [2.45, 2.75) is 24.8 Å². The molecule has 3 rings (SSSR count). The molecule has 8 nitrogen and oxygen atoms in total. The molecule has 0 saturated carbocycles. The molecule has 4 atom stereocenters. The van der Waals surface area contributed by atoms with Crippen LogP contribution >= 0.6 is 0 Å². The highest BCUT2D eigenvalue weighted by molar-refractivity contribution is 5.93. The molecule has 8 heteroatoms. The van der Waals surface area contributed by atoms with Gasteiger partial charge in [-0.25, -0.2) is 0 Å². The van der Waals surface area contributed by atoms with Crippen molar-refractivity contribution in [3.05, 3.63) is 35.9 Å². The van der Waals surface area contributed by atoms with Gasteiger partial charge >= 0.3 is 11.9 Å². The van der Waals surface area contributed by atoms with Crippen LogP contribution in [0.4, 0.5) is 0 Å². The van der Waals surface area contributed by atoms with Gasteiger partial charge in [0.25, 0.3) is 0 Å². The van der Waals surface area contributed by atoms with Crippen molar-refractivity contribution in [3.63, 3.8) is 0 Å². The van der Waals surface area contributed by atoms with E-state index in [1.165, 1.54) is 0 Å². The molecule has 0 spiro atoms. The maximum absolute atomic E-state index is 11.0. The van der Waals surface area contributed by atoms with Gasteiger partial charge in [0.05, 0.1) is 13.2 Å². The Hall–Kier alpha value is -2.00. The largest absolute Gasteiger partial charge is 0.480 e. The zero-order chi connectivity index (χ0) is 16.4. The van der Waals surface area contributed by atoms with E-state index < -0.39 is 42.6 Å². The van der Waals surface area contributed by atoms with E-state index in [2.05, 4.69) is 0 Å². The first-order chi connectivity index (χ1) is 11.1. The molecule has 0 bridgehead atoms. The molecule has 2 fully saturated rings. The first kappa shape index (κ1) is 15.9. The van der Waals surface area contributed by atoms with Crippen LogP contribution in [0.25, 0.3) is 0 Å². The minimum Gasteiger partial charge on any atom is -0.480 e. The zero-order valence-electron chi connectivity index (χ0n) is 12.0. The SMILES string of the molecule is O=C(O)C(C(=O)O)C1OC[C@@H]2OC(c3ccccc3)OC[C@H]2O1. The molecule has 2 unspecified atom stereocenters. The maximum Gasteiger partial charge on any atom is 0.323 e. The van der Waals surface area contributed by atoms with Crippen LogP contribution in [-0.4, -0.2) is 53.9 Å². The average molecular weight is 324 g/mol. The van der Waals surface area contributed by atoms with Crippen LogP contribution in [0.15, 0.2) is 30.3 Å². The Kier molecular flexibility index (Phi) is 4.58. The van der Waals surface area contributed by atoms with Gasteiger partial charge in [-0.05, 0) is 0 Å². The molecule has 1 aromatic rings. The van der Waals surface area contributed by atoms with Gasteiger partial charge in [-0.2, -0.15) is 0 Å². The summed E-state index contributed by atoms with van der Waals surface area (Å²) in [5.41, 5.74) is 0.849. The van der Waals surface area contributed by atoms with Crippen molar-refractivity contribution in [1.29, 1.82) is 0 Å². The third-order valence-corrected chi connectivity index (χ3v) is 3.73. The first-order valence-corrected chi connectivity index (χ1v) is 7.11. The van der Waals surface area contributed by atoms with Crippen LogP contribution in [0, 0.1) is 5.92 Å². The Morgan fingerprint density at radius 1 is 0.957 bits per heavy atom. The standard InChI is InChI=1S/C15H16O8/c16-12(17)11(13(18)19)15-21-7-9-10(23-15)6-20-14(22-9)8-4-2-1-3-5-8/h1-5,9-11,14-15H,6-7H2,(H,16,17)(H,18,19)/t9-,10+,14?,15?/m0/s1. The fraction of sp³-hybridized carbons (Fsp3) is 0.467. The lowest BCUT2D eigenvalue weighted by atomic mass is 10.1. The number of hydrogen-bond acceptors (Lipinski definition) is 6. The maximum atomic E-state index is 11.0. The van der Waals surface area contributed by atoms with Crippen LogP contribution in [0.3, 0.4) is 0 Å². The molecular weight excluding hydrogens is 308 g/mol. The summed E-state index contributed by atoms with van der Waals surface area (Å²) in [6.07, 6.45) is -2.95. The number of hydrogen-bond donors (Lipinski definition) is 2. The fourth-order valence-corrected chi connectivity index (χ4v) is 2.55. The van der Waals surface area contributed by atoms with Gasteiger partial charge in [0.15, 0.2) is 12.6 Å². The molecule has 0 amide bonds. The number of carboxylic acid groups (broad SMARTS) is 2. The van der Waals surface area contributed by atoms with Crippen molar-refractivity contribution < 1.29 is 38.7 Å². The summed E-state index contributed by atoms with van der Waals surface area (Å²) >= 11 is 0. The molecule has 2 N–H and O–H groups in total. The quantitative estimate of drug-likeness (QED) is 0.776. The number of ether oxygens (including phenoxy) is 4. The highest BCUT2D eigenvalue weighted by atomic mass is 16.8. The van der Waals surface area contributed by atoms with E-state index in [1.807, 2.05) is 30.3 Å². The fourth-order valence-electron chi connectivity index (χ4n) is 2.55. The second-order valence-corrected chi connectivity index (χ2v) is 5.28. The van der Waals surface area contributed by atoms with Crippen molar-refractivity contribution in [2.24, 2.45) is 5.92 Å². The predicted molar refractivity (Wildman–Crippen MR) is 73.4 cm³/mol. The van der Waals surface area contributed by atoms with Crippen LogP contribution in [0.5, 0.6) is 0 Å². The number of rotatable bonds is 4. The average Bonchev–Trinajstić information content (AvgIpc) is 2.54. The van der Waals surface area contributed by atoms with Crippen LogP contribution < -0.4 is 0 Å². The summed E-state index contributed by atoms with van der Waals surface area (Å²) in [6, 6.07) is 9.33. The molecular formula is C15H16O8. The highest BCUT2D eigenvalue weighted by Gasteiger charge is 2.45. The lowest BCUT2D eigenvalue weighted by Gasteiger charge is -2.42. The Morgan fingerprint density at radius 2 is 1.57 bits per heavy atom. The van der Waals surface area contributed by atoms with Gasteiger partial charge < -0.3 is 29.2 Å². The summed E-state index contributed by atoms with van der Waals surface area (Å²) < 4.78 is 22.0. The van der Waals surface area contributed by atoms with E-state index in [1.54, 1.807) is 0 Å². The Bertz CT molecular complexity index is 560. The summed E-state index contributed by atoms with van der Waals surface area (Å²) in [4.78, 5) is 22.1. The second-order valence-electron chi connectivity index (χ2n) is 5.28. The molecule has 2 saturated heterocycles. The normalized spacial score (nSPS) is 30.7. The first-order valence-electron chi connectivity index (χ1n) is 7.11. The smallest absolute Gasteiger partial charge is 0.323 e. The lowest BCUT2D eigenvalue weighted by molar-refractivity contribution is -0.344. The van der Waals surface area contributed by atoms with Crippen LogP contribution in [-0.2, 0) is 28.5 Å². The van der Waals surface area contributed by atoms with Gasteiger partial charge in [-0.3, -0.25) is 9.59 Å². The Balaban J connectivity index is 1.64. The summed E-state index contributed by atoms with van der Waals surface area (Å²) in [5.74, 6) is -4.82. The summed E-state index contributed by atoms with van der Waals surface area (Å²) in [7, 11) is 0. The third-order valence-electron chi connectivity index (χ3n) is 3.73. The van der Waals surface area contributed by atoms with E-state index in [0.717, 1.165) is 5.56 Å². The molecule has 23 heavy (non-hydrogen) atoms. The van der Waals surface area contributed by atoms with Crippen LogP contribution in [0.2, 0.25) is 0 Å². The molecule has 1 aromatic carbocycles. The van der Waals surface area contributed by atoms with Crippen molar-refractivity contribution in [3.8, 4) is 0 Å². The number of benzene rings is 1. The minimum atomic E-state index is -1.79. The topological polar surface area (TPSA) is 112 Å². The predicted octanol–water partition coefficient (Wildman–Crippen LogP) is 0.627. The van der Waals surface area contributed by atoms with Crippen molar-refractivity contribution >= 4 is 11.9 Å². The number of carboxylic acids is 2. The minimum absolute atomic E-state index is 0.0408. The van der Waals surface area contributed by atoms with E-state index in [-0.39, 0.29) is 13.2 Å². The van der Waals surface area contributed by atoms with E-state index >= 15 is 0 Å². The van der Waals surface area contributed by atoms with E-state index in [4.69, 9.17) is 29.2 Å². The van der Waals surface area contributed by atoms with Gasteiger partial charge in [0.1, 0.15) is 12.2 Å². The molecule has 124 valence electrons. The summed E-state index contributed by atoms with van der Waals surface area (Å²) in [5, 5.41) is 18.0. The number of fused-ring (bicyclic) bond motifs is 1. The number of carbonyl (C=O) groups is 2. The molecule has 2 aliphatic heterocycles. The van der Waals surface area contributed by atoms with Gasteiger partial charge in [-0.15, -0.1) is 0 Å². The van der Waals surface area contributed by atoms with E-state index in [0.29, 0.717) is 0 Å². The molecule has 0 aliphatic carbocycles. The zero-order valence-corrected chi connectivity index (χ0v) is 12.0. The van der Waals surface area contributed by atoms with Crippen LogP contribution in [0.1, 0.15) is 11.9 Å². The van der Waals surface area contributed by atoms with Gasteiger partial charge in [0.2, 0.25) is 5.92 Å². The Labute approximate surface area is 131 Å². The van der Waals surface area contributed by atoms with Gasteiger partial charge in [-0.1, -0.05) is 30.3 Å². The second kappa shape index (κ2) is 6.63. The molecule has 0 aromatic heterocycles. The number of aliphatic carboxylic acids is 2. The molecule has 2 aliphatic rings. The van der Waals surface area contributed by atoms with Crippen molar-refractivity contribution in [2.75, 3.05) is 13.2 Å². The van der Waals surface area contributed by atoms with E-state index in [9.17, 15) is 9.59 Å². The third kappa shape index (κ3) is 3.35. The highest BCUT2D eigenvalue weighted by Crippen LogP contribution is 2.32. The molecule has 2 heterocycles. The summed E-state index contributed by atoms with van der Waals surface area (Å²) in [6.45, 7) is 0.204.